The Bertz CT molecular complexity index is 200. The molecule has 1 aliphatic carbocycles. The standard InChI is InChI=1S/C17H35N/c1-5-15(4)11-16-9-7-6-8-10-17(16)13-18-12-14(2)3/h14-18H,5-13H2,1-4H3. The van der Waals surface area contributed by atoms with Gasteiger partial charge in [-0.05, 0) is 49.6 Å². The fraction of sp³-hybridized carbons (Fsp3) is 1.00. The summed E-state index contributed by atoms with van der Waals surface area (Å²) in [6, 6.07) is 0. The fourth-order valence-corrected chi connectivity index (χ4v) is 3.28. The SMILES string of the molecule is CCC(C)CC1CCCCCC1CNCC(C)C. The van der Waals surface area contributed by atoms with Crippen molar-refractivity contribution in [3.8, 4) is 0 Å². The van der Waals surface area contributed by atoms with Gasteiger partial charge in [-0.1, -0.05) is 59.8 Å². The molecule has 0 aromatic heterocycles. The minimum atomic E-state index is 0.781. The number of nitrogens with one attached hydrogen (secondary N) is 1. The minimum Gasteiger partial charge on any atom is -0.316 e. The van der Waals surface area contributed by atoms with E-state index >= 15 is 0 Å². The monoisotopic (exact) mass is 253 g/mol. The third-order valence-electron chi connectivity index (χ3n) is 4.68. The highest BCUT2D eigenvalue weighted by atomic mass is 14.9. The van der Waals surface area contributed by atoms with Crippen LogP contribution in [-0.4, -0.2) is 13.1 Å². The summed E-state index contributed by atoms with van der Waals surface area (Å²) in [6.07, 6.45) is 10.2. The summed E-state index contributed by atoms with van der Waals surface area (Å²) in [7, 11) is 0. The van der Waals surface area contributed by atoms with Gasteiger partial charge >= 0.3 is 0 Å². The average molecular weight is 253 g/mol. The van der Waals surface area contributed by atoms with E-state index in [1.165, 1.54) is 58.0 Å². The molecule has 3 atom stereocenters. The lowest BCUT2D eigenvalue weighted by Gasteiger charge is -2.28. The summed E-state index contributed by atoms with van der Waals surface area (Å²) in [6.45, 7) is 11.8. The van der Waals surface area contributed by atoms with Crippen molar-refractivity contribution >= 4 is 0 Å². The summed E-state index contributed by atoms with van der Waals surface area (Å²) in [5.74, 6) is 3.63. The lowest BCUT2D eigenvalue weighted by atomic mass is 9.81. The van der Waals surface area contributed by atoms with Gasteiger partial charge in [0.05, 0.1) is 0 Å². The molecule has 1 aliphatic rings. The van der Waals surface area contributed by atoms with Crippen LogP contribution in [0.3, 0.4) is 0 Å². The third kappa shape index (κ3) is 6.22. The smallest absolute Gasteiger partial charge is 0.00178 e. The van der Waals surface area contributed by atoms with Crippen LogP contribution in [0.5, 0.6) is 0 Å². The fourth-order valence-electron chi connectivity index (χ4n) is 3.28. The van der Waals surface area contributed by atoms with Gasteiger partial charge in [-0.2, -0.15) is 0 Å². The molecule has 1 N–H and O–H groups in total. The van der Waals surface area contributed by atoms with Crippen molar-refractivity contribution in [1.82, 2.24) is 5.32 Å². The third-order valence-corrected chi connectivity index (χ3v) is 4.68. The van der Waals surface area contributed by atoms with Gasteiger partial charge in [-0.15, -0.1) is 0 Å². The van der Waals surface area contributed by atoms with E-state index < -0.39 is 0 Å². The second-order valence-corrected chi connectivity index (χ2v) is 6.96. The summed E-state index contributed by atoms with van der Waals surface area (Å²) in [4.78, 5) is 0. The molecule has 0 radical (unpaired) electrons. The lowest BCUT2D eigenvalue weighted by Crippen LogP contribution is -2.31. The molecule has 1 fully saturated rings. The quantitative estimate of drug-likeness (QED) is 0.639. The number of hydrogen-bond acceptors (Lipinski definition) is 1. The molecule has 0 heterocycles. The molecule has 0 spiro atoms. The lowest BCUT2D eigenvalue weighted by molar-refractivity contribution is 0.246. The second kappa shape index (κ2) is 8.96. The predicted octanol–water partition coefficient (Wildman–Crippen LogP) is 4.86. The zero-order valence-electron chi connectivity index (χ0n) is 13.2. The molecule has 3 unspecified atom stereocenters. The Kier molecular flexibility index (Phi) is 7.97. The molecule has 1 nitrogen and oxygen atoms in total. The highest BCUT2D eigenvalue weighted by Gasteiger charge is 2.24. The Balaban J connectivity index is 2.41. The largest absolute Gasteiger partial charge is 0.316 e. The molecular formula is C17H35N. The Morgan fingerprint density at radius 1 is 1.00 bits per heavy atom. The molecule has 0 aliphatic heterocycles. The molecule has 0 aromatic carbocycles. The van der Waals surface area contributed by atoms with Crippen molar-refractivity contribution in [2.75, 3.05) is 13.1 Å². The van der Waals surface area contributed by atoms with Crippen LogP contribution < -0.4 is 5.32 Å². The highest BCUT2D eigenvalue weighted by Crippen LogP contribution is 2.33. The number of rotatable bonds is 7. The van der Waals surface area contributed by atoms with Crippen LogP contribution in [0, 0.1) is 23.7 Å². The van der Waals surface area contributed by atoms with E-state index in [0.717, 1.165) is 23.7 Å². The molecule has 0 amide bonds. The van der Waals surface area contributed by atoms with Crippen LogP contribution in [0.4, 0.5) is 0 Å². The van der Waals surface area contributed by atoms with Crippen LogP contribution in [0.2, 0.25) is 0 Å². The Hall–Kier alpha value is -0.0400. The summed E-state index contributed by atoms with van der Waals surface area (Å²) in [5, 5.41) is 3.70. The highest BCUT2D eigenvalue weighted by molar-refractivity contribution is 4.77. The van der Waals surface area contributed by atoms with Crippen LogP contribution in [0.15, 0.2) is 0 Å². The second-order valence-electron chi connectivity index (χ2n) is 6.96. The van der Waals surface area contributed by atoms with E-state index in [1.807, 2.05) is 0 Å². The van der Waals surface area contributed by atoms with Crippen molar-refractivity contribution in [1.29, 1.82) is 0 Å². The first kappa shape index (κ1) is 16.0. The summed E-state index contributed by atoms with van der Waals surface area (Å²) >= 11 is 0. The Morgan fingerprint density at radius 2 is 1.67 bits per heavy atom. The van der Waals surface area contributed by atoms with Crippen LogP contribution in [0.25, 0.3) is 0 Å². The first-order valence-electron chi connectivity index (χ1n) is 8.34. The topological polar surface area (TPSA) is 12.0 Å². The van der Waals surface area contributed by atoms with Crippen molar-refractivity contribution in [2.24, 2.45) is 23.7 Å². The maximum Gasteiger partial charge on any atom is -0.00178 e. The van der Waals surface area contributed by atoms with E-state index in [-0.39, 0.29) is 0 Å². The molecule has 1 saturated carbocycles. The zero-order valence-corrected chi connectivity index (χ0v) is 13.2. The van der Waals surface area contributed by atoms with Crippen molar-refractivity contribution in [3.05, 3.63) is 0 Å². The summed E-state index contributed by atoms with van der Waals surface area (Å²) in [5.41, 5.74) is 0. The van der Waals surface area contributed by atoms with Crippen LogP contribution in [-0.2, 0) is 0 Å². The Morgan fingerprint density at radius 3 is 2.28 bits per heavy atom. The molecule has 1 rings (SSSR count). The van der Waals surface area contributed by atoms with Crippen molar-refractivity contribution in [2.45, 2.75) is 72.6 Å². The van der Waals surface area contributed by atoms with E-state index in [9.17, 15) is 0 Å². The first-order chi connectivity index (χ1) is 8.63. The van der Waals surface area contributed by atoms with Crippen molar-refractivity contribution < 1.29 is 0 Å². The normalized spacial score (nSPS) is 27.2. The van der Waals surface area contributed by atoms with Gasteiger partial charge in [-0.25, -0.2) is 0 Å². The van der Waals surface area contributed by atoms with E-state index in [0.29, 0.717) is 0 Å². The molecule has 108 valence electrons. The van der Waals surface area contributed by atoms with E-state index in [2.05, 4.69) is 33.0 Å². The van der Waals surface area contributed by atoms with Gasteiger partial charge in [0, 0.05) is 0 Å². The maximum atomic E-state index is 3.70. The molecular weight excluding hydrogens is 218 g/mol. The molecule has 0 saturated heterocycles. The van der Waals surface area contributed by atoms with Gasteiger partial charge in [0.2, 0.25) is 0 Å². The Labute approximate surface area is 115 Å². The van der Waals surface area contributed by atoms with Crippen LogP contribution in [0.1, 0.15) is 72.6 Å². The van der Waals surface area contributed by atoms with E-state index in [1.54, 1.807) is 0 Å². The predicted molar refractivity (Wildman–Crippen MR) is 81.8 cm³/mol. The molecule has 1 heteroatoms. The minimum absolute atomic E-state index is 0.781. The van der Waals surface area contributed by atoms with E-state index in [4.69, 9.17) is 0 Å². The van der Waals surface area contributed by atoms with Gasteiger partial charge in [0.25, 0.3) is 0 Å². The maximum absolute atomic E-state index is 3.70. The van der Waals surface area contributed by atoms with Gasteiger partial charge in [-0.3, -0.25) is 0 Å². The van der Waals surface area contributed by atoms with Crippen LogP contribution >= 0.6 is 0 Å². The molecule has 18 heavy (non-hydrogen) atoms. The van der Waals surface area contributed by atoms with Gasteiger partial charge in [0.15, 0.2) is 0 Å². The number of hydrogen-bond donors (Lipinski definition) is 1. The van der Waals surface area contributed by atoms with Gasteiger partial charge < -0.3 is 5.32 Å². The van der Waals surface area contributed by atoms with Gasteiger partial charge in [0.1, 0.15) is 0 Å². The van der Waals surface area contributed by atoms with Crippen molar-refractivity contribution in [3.63, 3.8) is 0 Å². The molecule has 0 bridgehead atoms. The summed E-state index contributed by atoms with van der Waals surface area (Å²) < 4.78 is 0. The zero-order chi connectivity index (χ0) is 13.4. The molecule has 0 aromatic rings. The average Bonchev–Trinajstić information content (AvgIpc) is 2.54. The first-order valence-corrected chi connectivity index (χ1v) is 8.34.